The van der Waals surface area contributed by atoms with Gasteiger partial charge in [-0.05, 0) is 43.7 Å². The van der Waals surface area contributed by atoms with Gasteiger partial charge >= 0.3 is 0 Å². The molecule has 2 nitrogen and oxygen atoms in total. The first kappa shape index (κ1) is 15.6. The molecular formula is C17H18FNOS. The number of hydrogen-bond donors (Lipinski definition) is 1. The zero-order chi connectivity index (χ0) is 15.2. The van der Waals surface area contributed by atoms with Crippen molar-refractivity contribution < 1.29 is 9.18 Å². The summed E-state index contributed by atoms with van der Waals surface area (Å²) in [6, 6.07) is 15.9. The Morgan fingerprint density at radius 2 is 1.67 bits per heavy atom. The number of thioether (sulfide) groups is 1. The Balaban J connectivity index is 1.92. The molecule has 1 N–H and O–H groups in total. The van der Waals surface area contributed by atoms with E-state index in [4.69, 9.17) is 0 Å². The van der Waals surface area contributed by atoms with Crippen LogP contribution in [-0.4, -0.2) is 11.2 Å². The molecule has 2 atom stereocenters. The van der Waals surface area contributed by atoms with E-state index in [1.54, 1.807) is 12.1 Å². The molecule has 0 fully saturated rings. The van der Waals surface area contributed by atoms with Crippen LogP contribution < -0.4 is 5.32 Å². The van der Waals surface area contributed by atoms with Gasteiger partial charge in [-0.2, -0.15) is 0 Å². The highest BCUT2D eigenvalue weighted by Crippen LogP contribution is 2.23. The topological polar surface area (TPSA) is 29.1 Å². The third kappa shape index (κ3) is 4.60. The molecule has 21 heavy (non-hydrogen) atoms. The lowest BCUT2D eigenvalue weighted by Gasteiger charge is -2.17. The van der Waals surface area contributed by atoms with Gasteiger partial charge in [-0.1, -0.05) is 30.3 Å². The first-order chi connectivity index (χ1) is 10.1. The predicted octanol–water partition coefficient (Wildman–Crippen LogP) is 4.18. The molecule has 1 amide bonds. The average molecular weight is 303 g/mol. The molecule has 2 aromatic carbocycles. The van der Waals surface area contributed by atoms with Gasteiger partial charge < -0.3 is 5.32 Å². The van der Waals surface area contributed by atoms with Crippen molar-refractivity contribution in [2.75, 3.05) is 0 Å². The van der Waals surface area contributed by atoms with Gasteiger partial charge in [0, 0.05) is 4.90 Å². The first-order valence-electron chi connectivity index (χ1n) is 6.84. The maximum Gasteiger partial charge on any atom is 0.233 e. The Morgan fingerprint density at radius 3 is 2.29 bits per heavy atom. The van der Waals surface area contributed by atoms with E-state index in [-0.39, 0.29) is 23.0 Å². The summed E-state index contributed by atoms with van der Waals surface area (Å²) in [5.41, 5.74) is 0.890. The molecule has 0 bridgehead atoms. The quantitative estimate of drug-likeness (QED) is 0.839. The molecular weight excluding hydrogens is 285 g/mol. The standard InChI is InChI=1S/C17H18FNOS/c1-12(14-8-10-15(18)11-9-14)19-17(20)13(2)21-16-6-4-3-5-7-16/h3-13H,1-2H3,(H,19,20)/t12-,13+/m1/s1. The number of carbonyl (C=O) groups is 1. The number of amides is 1. The molecule has 0 unspecified atom stereocenters. The lowest BCUT2D eigenvalue weighted by Crippen LogP contribution is -2.33. The maximum absolute atomic E-state index is 12.9. The van der Waals surface area contributed by atoms with E-state index in [9.17, 15) is 9.18 Å². The predicted molar refractivity (Wildman–Crippen MR) is 84.7 cm³/mol. The smallest absolute Gasteiger partial charge is 0.233 e. The third-order valence-corrected chi connectivity index (χ3v) is 4.27. The highest BCUT2D eigenvalue weighted by molar-refractivity contribution is 8.00. The van der Waals surface area contributed by atoms with Crippen molar-refractivity contribution in [3.8, 4) is 0 Å². The van der Waals surface area contributed by atoms with Crippen molar-refractivity contribution in [1.82, 2.24) is 5.32 Å². The summed E-state index contributed by atoms with van der Waals surface area (Å²) in [5, 5.41) is 2.77. The van der Waals surface area contributed by atoms with Gasteiger partial charge in [-0.25, -0.2) is 4.39 Å². The van der Waals surface area contributed by atoms with Crippen molar-refractivity contribution in [3.63, 3.8) is 0 Å². The molecule has 0 saturated carbocycles. The van der Waals surface area contributed by atoms with Crippen LogP contribution >= 0.6 is 11.8 Å². The zero-order valence-electron chi connectivity index (χ0n) is 12.0. The fourth-order valence-electron chi connectivity index (χ4n) is 1.92. The molecule has 4 heteroatoms. The number of carbonyl (C=O) groups excluding carboxylic acids is 1. The second-order valence-corrected chi connectivity index (χ2v) is 6.27. The molecule has 0 aromatic heterocycles. The number of halogens is 1. The minimum Gasteiger partial charge on any atom is -0.349 e. The van der Waals surface area contributed by atoms with Crippen molar-refractivity contribution in [1.29, 1.82) is 0 Å². The van der Waals surface area contributed by atoms with Crippen LogP contribution in [0.15, 0.2) is 59.5 Å². The number of benzene rings is 2. The lowest BCUT2D eigenvalue weighted by atomic mass is 10.1. The fraction of sp³-hybridized carbons (Fsp3) is 0.235. The lowest BCUT2D eigenvalue weighted by molar-refractivity contribution is -0.120. The zero-order valence-corrected chi connectivity index (χ0v) is 12.9. The van der Waals surface area contributed by atoms with Gasteiger partial charge in [0.1, 0.15) is 5.82 Å². The molecule has 0 aliphatic carbocycles. The SMILES string of the molecule is C[C@H](Sc1ccccc1)C(=O)N[C@H](C)c1ccc(F)cc1. The van der Waals surface area contributed by atoms with Crippen LogP contribution in [0.4, 0.5) is 4.39 Å². The molecule has 110 valence electrons. The molecule has 0 radical (unpaired) electrons. The minimum absolute atomic E-state index is 0.0271. The van der Waals surface area contributed by atoms with Crippen molar-refractivity contribution in [2.24, 2.45) is 0 Å². The van der Waals surface area contributed by atoms with E-state index in [1.165, 1.54) is 23.9 Å². The Kier molecular flexibility index (Phi) is 5.39. The maximum atomic E-state index is 12.9. The van der Waals surface area contributed by atoms with E-state index in [1.807, 2.05) is 44.2 Å². The summed E-state index contributed by atoms with van der Waals surface area (Å²) >= 11 is 1.52. The normalized spacial score (nSPS) is 13.5. The number of rotatable bonds is 5. The van der Waals surface area contributed by atoms with Gasteiger partial charge in [0.15, 0.2) is 0 Å². The summed E-state index contributed by atoms with van der Waals surface area (Å²) in [6.07, 6.45) is 0. The second kappa shape index (κ2) is 7.27. The monoisotopic (exact) mass is 303 g/mol. The summed E-state index contributed by atoms with van der Waals surface area (Å²) in [4.78, 5) is 13.3. The number of hydrogen-bond acceptors (Lipinski definition) is 2. The summed E-state index contributed by atoms with van der Waals surface area (Å²) in [5.74, 6) is -0.300. The van der Waals surface area contributed by atoms with Crippen LogP contribution in [0.1, 0.15) is 25.5 Å². The highest BCUT2D eigenvalue weighted by Gasteiger charge is 2.17. The van der Waals surface area contributed by atoms with E-state index >= 15 is 0 Å². The molecule has 2 aromatic rings. The van der Waals surface area contributed by atoms with Crippen LogP contribution in [0.3, 0.4) is 0 Å². The number of nitrogens with one attached hydrogen (secondary N) is 1. The molecule has 0 aliphatic heterocycles. The molecule has 0 saturated heterocycles. The van der Waals surface area contributed by atoms with Crippen molar-refractivity contribution in [2.45, 2.75) is 30.0 Å². The molecule has 2 rings (SSSR count). The Bertz CT molecular complexity index is 585. The minimum atomic E-state index is -0.273. The summed E-state index contributed by atoms with van der Waals surface area (Å²) < 4.78 is 12.9. The van der Waals surface area contributed by atoms with Crippen molar-refractivity contribution in [3.05, 3.63) is 66.0 Å². The van der Waals surface area contributed by atoms with E-state index in [0.29, 0.717) is 0 Å². The highest BCUT2D eigenvalue weighted by atomic mass is 32.2. The van der Waals surface area contributed by atoms with Crippen LogP contribution in [0.2, 0.25) is 0 Å². The van der Waals surface area contributed by atoms with E-state index in [0.717, 1.165) is 10.5 Å². The Hall–Kier alpha value is -1.81. The summed E-state index contributed by atoms with van der Waals surface area (Å²) in [6.45, 7) is 3.77. The third-order valence-electron chi connectivity index (χ3n) is 3.15. The average Bonchev–Trinajstić information content (AvgIpc) is 2.48. The van der Waals surface area contributed by atoms with Crippen LogP contribution in [0, 0.1) is 5.82 Å². The Labute approximate surface area is 128 Å². The van der Waals surface area contributed by atoms with Gasteiger partial charge in [0.2, 0.25) is 5.91 Å². The second-order valence-electron chi connectivity index (χ2n) is 4.85. The van der Waals surface area contributed by atoms with E-state index in [2.05, 4.69) is 5.32 Å². The van der Waals surface area contributed by atoms with E-state index < -0.39 is 0 Å². The van der Waals surface area contributed by atoms with Crippen LogP contribution in [-0.2, 0) is 4.79 Å². The van der Waals surface area contributed by atoms with Crippen molar-refractivity contribution >= 4 is 17.7 Å². The van der Waals surface area contributed by atoms with Gasteiger partial charge in [0.05, 0.1) is 11.3 Å². The van der Waals surface area contributed by atoms with Crippen LogP contribution in [0.25, 0.3) is 0 Å². The Morgan fingerprint density at radius 1 is 1.05 bits per heavy atom. The van der Waals surface area contributed by atoms with Gasteiger partial charge in [-0.3, -0.25) is 4.79 Å². The largest absolute Gasteiger partial charge is 0.349 e. The summed E-state index contributed by atoms with van der Waals surface area (Å²) in [7, 11) is 0. The fourth-order valence-corrected chi connectivity index (χ4v) is 2.82. The van der Waals surface area contributed by atoms with Crippen LogP contribution in [0.5, 0.6) is 0 Å². The van der Waals surface area contributed by atoms with Gasteiger partial charge in [-0.15, -0.1) is 11.8 Å². The molecule has 0 aliphatic rings. The molecule has 0 heterocycles. The molecule has 0 spiro atoms. The van der Waals surface area contributed by atoms with Gasteiger partial charge in [0.25, 0.3) is 0 Å². The first-order valence-corrected chi connectivity index (χ1v) is 7.72.